The standard InChI is InChI=1S/C23H23F2N7O3/c1-14-6-7-15(35-22-21-27-12-18(19(33)20(24)25)30(21)11-10-26-22)13-31(14)23(34)16-4-2-3-5-17(16)32-28-8-9-29-32/h2-5,8-12,14-15,19-20,33H,6-7,13H2,1H3/t14-,15-,19?/m1/s1. The van der Waals surface area contributed by atoms with E-state index in [9.17, 15) is 18.7 Å². The van der Waals surface area contributed by atoms with Crippen LogP contribution in [-0.4, -0.2) is 70.4 Å². The second kappa shape index (κ2) is 9.37. The zero-order valence-corrected chi connectivity index (χ0v) is 18.8. The van der Waals surface area contributed by atoms with Gasteiger partial charge < -0.3 is 14.7 Å². The number of halogens is 2. The third kappa shape index (κ3) is 4.32. The lowest BCUT2D eigenvalue weighted by Gasteiger charge is -2.38. The number of fused-ring (bicyclic) bond motifs is 1. The maximum absolute atomic E-state index is 13.5. The number of nitrogens with zero attached hydrogens (tertiary/aromatic N) is 7. The number of para-hydroxylation sites is 1. The van der Waals surface area contributed by atoms with Crippen LogP contribution in [0.25, 0.3) is 11.3 Å². The Balaban J connectivity index is 1.38. The van der Waals surface area contributed by atoms with Crippen molar-refractivity contribution in [3.8, 4) is 11.6 Å². The minimum absolute atomic E-state index is 0.0241. The summed E-state index contributed by atoms with van der Waals surface area (Å²) in [4.78, 5) is 25.0. The van der Waals surface area contributed by atoms with Crippen LogP contribution in [0.1, 0.15) is 41.9 Å². The van der Waals surface area contributed by atoms with Gasteiger partial charge in [-0.15, -0.1) is 0 Å². The van der Waals surface area contributed by atoms with Crippen LogP contribution in [0.5, 0.6) is 5.88 Å². The van der Waals surface area contributed by atoms with Gasteiger partial charge in [-0.1, -0.05) is 12.1 Å². The van der Waals surface area contributed by atoms with Gasteiger partial charge in [-0.25, -0.2) is 18.7 Å². The molecule has 0 spiro atoms. The highest BCUT2D eigenvalue weighted by molar-refractivity contribution is 5.98. The first-order valence-corrected chi connectivity index (χ1v) is 11.2. The highest BCUT2D eigenvalue weighted by Crippen LogP contribution is 2.28. The van der Waals surface area contributed by atoms with Crippen LogP contribution in [-0.2, 0) is 0 Å². The van der Waals surface area contributed by atoms with E-state index < -0.39 is 12.5 Å². The van der Waals surface area contributed by atoms with Crippen molar-refractivity contribution < 1.29 is 23.4 Å². The average Bonchev–Trinajstić information content (AvgIpc) is 3.55. The second-order valence-corrected chi connectivity index (χ2v) is 8.35. The van der Waals surface area contributed by atoms with Gasteiger partial charge >= 0.3 is 0 Å². The van der Waals surface area contributed by atoms with Gasteiger partial charge in [-0.05, 0) is 31.9 Å². The number of hydrogen-bond donors (Lipinski definition) is 1. The fourth-order valence-corrected chi connectivity index (χ4v) is 4.28. The number of hydrogen-bond acceptors (Lipinski definition) is 7. The first-order valence-electron chi connectivity index (χ1n) is 11.2. The quantitative estimate of drug-likeness (QED) is 0.449. The van der Waals surface area contributed by atoms with Crippen molar-refractivity contribution in [2.45, 2.75) is 44.4 Å². The Morgan fingerprint density at radius 2 is 1.91 bits per heavy atom. The zero-order valence-electron chi connectivity index (χ0n) is 18.8. The van der Waals surface area contributed by atoms with Gasteiger partial charge in [-0.3, -0.25) is 9.20 Å². The molecular formula is C23H23F2N7O3. The molecule has 1 N–H and O–H groups in total. The maximum Gasteiger partial charge on any atom is 0.269 e. The number of aliphatic hydroxyl groups is 1. The number of rotatable bonds is 6. The van der Waals surface area contributed by atoms with E-state index in [0.717, 1.165) is 0 Å². The van der Waals surface area contributed by atoms with Crippen molar-refractivity contribution in [3.05, 3.63) is 66.5 Å². The van der Waals surface area contributed by atoms with Crippen LogP contribution in [0.4, 0.5) is 8.78 Å². The Kier molecular flexibility index (Phi) is 6.12. The number of benzene rings is 1. The molecule has 1 amide bonds. The van der Waals surface area contributed by atoms with Gasteiger partial charge in [0, 0.05) is 18.4 Å². The Hall–Kier alpha value is -3.93. The minimum atomic E-state index is -2.95. The summed E-state index contributed by atoms with van der Waals surface area (Å²) < 4.78 is 33.5. The Bertz CT molecular complexity index is 1330. The zero-order chi connectivity index (χ0) is 24.5. The first kappa shape index (κ1) is 22.8. The number of amides is 1. The fourth-order valence-electron chi connectivity index (χ4n) is 4.28. The van der Waals surface area contributed by atoms with Crippen LogP contribution in [0.15, 0.2) is 55.2 Å². The lowest BCUT2D eigenvalue weighted by atomic mass is 9.99. The summed E-state index contributed by atoms with van der Waals surface area (Å²) in [6.07, 6.45) is 3.16. The summed E-state index contributed by atoms with van der Waals surface area (Å²) in [5, 5.41) is 18.1. The number of carbonyl (C=O) groups is 1. The van der Waals surface area contributed by atoms with Crippen molar-refractivity contribution in [3.63, 3.8) is 0 Å². The number of carbonyl (C=O) groups excluding carboxylic acids is 1. The monoisotopic (exact) mass is 483 g/mol. The van der Waals surface area contributed by atoms with E-state index in [0.29, 0.717) is 30.6 Å². The molecule has 12 heteroatoms. The molecule has 182 valence electrons. The molecular weight excluding hydrogens is 460 g/mol. The molecule has 5 rings (SSSR count). The number of likely N-dealkylation sites (tertiary alicyclic amines) is 1. The number of imidazole rings is 1. The highest BCUT2D eigenvalue weighted by Gasteiger charge is 2.33. The van der Waals surface area contributed by atoms with Crippen molar-refractivity contribution in [1.29, 1.82) is 0 Å². The number of ether oxygens (including phenoxy) is 1. The minimum Gasteiger partial charge on any atom is -0.470 e. The van der Waals surface area contributed by atoms with Crippen molar-refractivity contribution in [2.24, 2.45) is 0 Å². The predicted octanol–water partition coefficient (Wildman–Crippen LogP) is 2.68. The molecule has 4 aromatic rings. The number of aromatic nitrogens is 6. The SMILES string of the molecule is C[C@@H]1CC[C@@H](Oc2nccn3c(C(O)C(F)F)cnc23)CN1C(=O)c1ccccc1-n1nccn1. The molecule has 3 aromatic heterocycles. The van der Waals surface area contributed by atoms with Gasteiger partial charge in [0.1, 0.15) is 6.10 Å². The summed E-state index contributed by atoms with van der Waals surface area (Å²) in [5.41, 5.74) is 1.20. The summed E-state index contributed by atoms with van der Waals surface area (Å²) in [6.45, 7) is 2.28. The van der Waals surface area contributed by atoms with Gasteiger partial charge in [-0.2, -0.15) is 15.0 Å². The van der Waals surface area contributed by atoms with E-state index in [1.54, 1.807) is 35.5 Å². The smallest absolute Gasteiger partial charge is 0.269 e. The first-order chi connectivity index (χ1) is 16.9. The fraction of sp³-hybridized carbons (Fsp3) is 0.348. The highest BCUT2D eigenvalue weighted by atomic mass is 19.3. The molecule has 0 bridgehead atoms. The summed E-state index contributed by atoms with van der Waals surface area (Å²) in [7, 11) is 0. The molecule has 10 nitrogen and oxygen atoms in total. The van der Waals surface area contributed by atoms with Gasteiger partial charge in [0.2, 0.25) is 5.65 Å². The number of aliphatic hydroxyl groups excluding tert-OH is 1. The van der Waals surface area contributed by atoms with E-state index in [-0.39, 0.29) is 35.3 Å². The summed E-state index contributed by atoms with van der Waals surface area (Å²) in [6, 6.07) is 7.10. The van der Waals surface area contributed by atoms with Gasteiger partial charge in [0.05, 0.1) is 42.1 Å². The van der Waals surface area contributed by atoms with Gasteiger partial charge in [0.15, 0.2) is 6.10 Å². The largest absolute Gasteiger partial charge is 0.470 e. The van der Waals surface area contributed by atoms with Crippen molar-refractivity contribution in [1.82, 2.24) is 34.3 Å². The lowest BCUT2D eigenvalue weighted by Crippen LogP contribution is -2.49. The van der Waals surface area contributed by atoms with Crippen molar-refractivity contribution >= 4 is 11.6 Å². The van der Waals surface area contributed by atoms with Crippen LogP contribution in [0.2, 0.25) is 0 Å². The van der Waals surface area contributed by atoms with Crippen LogP contribution in [0.3, 0.4) is 0 Å². The molecule has 0 saturated carbocycles. The third-order valence-electron chi connectivity index (χ3n) is 6.11. The molecule has 3 atom stereocenters. The lowest BCUT2D eigenvalue weighted by molar-refractivity contribution is -0.00869. The molecule has 4 heterocycles. The second-order valence-electron chi connectivity index (χ2n) is 8.35. The molecule has 0 aliphatic carbocycles. The van der Waals surface area contributed by atoms with Crippen LogP contribution in [0, 0.1) is 0 Å². The topological polar surface area (TPSA) is 111 Å². The molecule has 35 heavy (non-hydrogen) atoms. The summed E-state index contributed by atoms with van der Waals surface area (Å²) >= 11 is 0. The van der Waals surface area contributed by atoms with Crippen molar-refractivity contribution in [2.75, 3.05) is 6.54 Å². The Labute approximate surface area is 198 Å². The van der Waals surface area contributed by atoms with E-state index >= 15 is 0 Å². The van der Waals surface area contributed by atoms with Crippen LogP contribution < -0.4 is 4.74 Å². The van der Waals surface area contributed by atoms with Gasteiger partial charge in [0.25, 0.3) is 18.2 Å². The molecule has 1 fully saturated rings. The van der Waals surface area contributed by atoms with Crippen LogP contribution >= 0.6 is 0 Å². The Morgan fingerprint density at radius 3 is 2.69 bits per heavy atom. The number of piperidine rings is 1. The maximum atomic E-state index is 13.5. The Morgan fingerprint density at radius 1 is 1.14 bits per heavy atom. The van der Waals surface area contributed by atoms with E-state index in [1.165, 1.54) is 27.8 Å². The molecule has 1 unspecified atom stereocenters. The normalized spacial score (nSPS) is 19.3. The molecule has 0 radical (unpaired) electrons. The molecule has 1 aromatic carbocycles. The predicted molar refractivity (Wildman–Crippen MR) is 119 cm³/mol. The van der Waals surface area contributed by atoms with E-state index in [1.807, 2.05) is 13.0 Å². The molecule has 1 aliphatic rings. The third-order valence-corrected chi connectivity index (χ3v) is 6.11. The van der Waals surface area contributed by atoms with E-state index in [2.05, 4.69) is 20.2 Å². The number of alkyl halides is 2. The average molecular weight is 483 g/mol. The molecule has 1 saturated heterocycles. The molecule has 1 aliphatic heterocycles. The summed E-state index contributed by atoms with van der Waals surface area (Å²) in [5.74, 6) is -0.0265. The van der Waals surface area contributed by atoms with E-state index in [4.69, 9.17) is 4.74 Å².